The Labute approximate surface area is 173 Å². The summed E-state index contributed by atoms with van der Waals surface area (Å²) in [6, 6.07) is 3.90. The molecule has 1 aromatic carbocycles. The molecule has 0 aliphatic carbocycles. The van der Waals surface area contributed by atoms with Crippen LogP contribution < -0.4 is 16.0 Å². The number of nitrogens with one attached hydrogen (secondary N) is 3. The van der Waals surface area contributed by atoms with Crippen molar-refractivity contribution in [1.29, 1.82) is 0 Å². The number of urea groups is 1. The van der Waals surface area contributed by atoms with Crippen molar-refractivity contribution in [3.63, 3.8) is 0 Å². The first-order valence-electron chi connectivity index (χ1n) is 10.2. The van der Waals surface area contributed by atoms with E-state index < -0.39 is 11.8 Å². The predicted octanol–water partition coefficient (Wildman–Crippen LogP) is 2.89. The molecule has 1 aromatic rings. The lowest BCUT2D eigenvalue weighted by Gasteiger charge is -2.34. The topological polar surface area (TPSA) is 90.5 Å². The summed E-state index contributed by atoms with van der Waals surface area (Å²) in [5, 5.41) is 8.43. The van der Waals surface area contributed by atoms with E-state index in [1.165, 1.54) is 0 Å². The molecule has 1 heterocycles. The number of nitrogens with zero attached hydrogens (tertiary/aromatic N) is 1. The van der Waals surface area contributed by atoms with E-state index in [9.17, 15) is 14.4 Å². The second-order valence-corrected chi connectivity index (χ2v) is 9.05. The van der Waals surface area contributed by atoms with E-state index in [2.05, 4.69) is 16.0 Å². The van der Waals surface area contributed by atoms with E-state index in [0.717, 1.165) is 29.5 Å². The number of amides is 4. The molecule has 7 heteroatoms. The number of hydrogen-bond donors (Lipinski definition) is 3. The van der Waals surface area contributed by atoms with Crippen molar-refractivity contribution in [2.24, 2.45) is 5.92 Å². The summed E-state index contributed by atoms with van der Waals surface area (Å²) in [6.45, 7) is 13.4. The standard InChI is InChI=1S/C22H34N4O3/c1-14-11-15(2)18(16(3)12-14)24-20(28)19(27)23-13-17-7-9-26(10-8-17)21(29)25-22(4,5)6/h11-12,17H,7-10,13H2,1-6H3,(H,23,27)(H,24,28)(H,25,29). The van der Waals surface area contributed by atoms with Gasteiger partial charge < -0.3 is 20.9 Å². The molecule has 29 heavy (non-hydrogen) atoms. The zero-order chi connectivity index (χ0) is 21.8. The minimum atomic E-state index is -0.651. The minimum Gasteiger partial charge on any atom is -0.348 e. The number of anilines is 1. The van der Waals surface area contributed by atoms with Crippen LogP contribution in [0.1, 0.15) is 50.3 Å². The van der Waals surface area contributed by atoms with E-state index in [-0.39, 0.29) is 17.5 Å². The molecule has 2 rings (SSSR count). The lowest BCUT2D eigenvalue weighted by Crippen LogP contribution is -2.51. The maximum atomic E-state index is 12.3. The van der Waals surface area contributed by atoms with Crippen LogP contribution in [0.3, 0.4) is 0 Å². The van der Waals surface area contributed by atoms with E-state index in [1.54, 1.807) is 4.90 Å². The van der Waals surface area contributed by atoms with Gasteiger partial charge in [-0.2, -0.15) is 0 Å². The molecule has 1 saturated heterocycles. The Morgan fingerprint density at radius 3 is 2.07 bits per heavy atom. The molecule has 0 bridgehead atoms. The van der Waals surface area contributed by atoms with Crippen molar-refractivity contribution in [2.75, 3.05) is 25.0 Å². The quantitative estimate of drug-likeness (QED) is 0.679. The number of benzene rings is 1. The first-order valence-corrected chi connectivity index (χ1v) is 10.2. The van der Waals surface area contributed by atoms with E-state index >= 15 is 0 Å². The smallest absolute Gasteiger partial charge is 0.317 e. The first-order chi connectivity index (χ1) is 13.5. The van der Waals surface area contributed by atoms with Crippen LogP contribution in [0, 0.1) is 26.7 Å². The highest BCUT2D eigenvalue weighted by Gasteiger charge is 2.26. The number of hydrogen-bond acceptors (Lipinski definition) is 3. The monoisotopic (exact) mass is 402 g/mol. The maximum absolute atomic E-state index is 12.3. The minimum absolute atomic E-state index is 0.0526. The molecule has 7 nitrogen and oxygen atoms in total. The molecule has 0 unspecified atom stereocenters. The van der Waals surface area contributed by atoms with Gasteiger partial charge >= 0.3 is 17.8 Å². The van der Waals surface area contributed by atoms with Crippen molar-refractivity contribution in [3.05, 3.63) is 28.8 Å². The molecule has 0 saturated carbocycles. The Morgan fingerprint density at radius 2 is 1.55 bits per heavy atom. The summed E-state index contributed by atoms with van der Waals surface area (Å²) in [4.78, 5) is 38.5. The second-order valence-electron chi connectivity index (χ2n) is 9.05. The summed E-state index contributed by atoms with van der Waals surface area (Å²) >= 11 is 0. The summed E-state index contributed by atoms with van der Waals surface area (Å²) in [5.74, 6) is -1.02. The van der Waals surface area contributed by atoms with Gasteiger partial charge in [0.05, 0.1) is 0 Å². The predicted molar refractivity (Wildman–Crippen MR) is 115 cm³/mol. The Hall–Kier alpha value is -2.57. The molecule has 0 spiro atoms. The van der Waals surface area contributed by atoms with Crippen LogP contribution in [0.15, 0.2) is 12.1 Å². The van der Waals surface area contributed by atoms with Gasteiger partial charge in [0.25, 0.3) is 0 Å². The summed E-state index contributed by atoms with van der Waals surface area (Å²) in [5.41, 5.74) is 3.41. The number of rotatable bonds is 3. The lowest BCUT2D eigenvalue weighted by molar-refractivity contribution is -0.136. The number of aryl methyl sites for hydroxylation is 3. The number of carbonyl (C=O) groups is 3. The van der Waals surface area contributed by atoms with Gasteiger partial charge in [0, 0.05) is 30.9 Å². The van der Waals surface area contributed by atoms with Crippen molar-refractivity contribution in [2.45, 2.75) is 59.9 Å². The van der Waals surface area contributed by atoms with Crippen molar-refractivity contribution >= 4 is 23.5 Å². The molecule has 1 aliphatic heterocycles. The molecule has 160 valence electrons. The van der Waals surface area contributed by atoms with Crippen LogP contribution in [0.5, 0.6) is 0 Å². The maximum Gasteiger partial charge on any atom is 0.317 e. The lowest BCUT2D eigenvalue weighted by atomic mass is 9.97. The fourth-order valence-electron chi connectivity index (χ4n) is 3.60. The highest BCUT2D eigenvalue weighted by atomic mass is 16.2. The Bertz CT molecular complexity index is 752. The zero-order valence-corrected chi connectivity index (χ0v) is 18.4. The van der Waals surface area contributed by atoms with E-state index in [4.69, 9.17) is 0 Å². The van der Waals surface area contributed by atoms with Gasteiger partial charge in [-0.05, 0) is 71.4 Å². The van der Waals surface area contributed by atoms with E-state index in [0.29, 0.717) is 25.3 Å². The van der Waals surface area contributed by atoms with Crippen LogP contribution in [0.4, 0.5) is 10.5 Å². The van der Waals surface area contributed by atoms with Crippen LogP contribution in [-0.2, 0) is 9.59 Å². The summed E-state index contributed by atoms with van der Waals surface area (Å²) < 4.78 is 0. The molecule has 0 atom stereocenters. The number of piperidine rings is 1. The number of likely N-dealkylation sites (tertiary alicyclic amines) is 1. The van der Waals surface area contributed by atoms with Crippen LogP contribution in [0.25, 0.3) is 0 Å². The average molecular weight is 403 g/mol. The highest BCUT2D eigenvalue weighted by molar-refractivity contribution is 6.39. The van der Waals surface area contributed by atoms with Gasteiger partial charge in [0.1, 0.15) is 0 Å². The van der Waals surface area contributed by atoms with Gasteiger partial charge in [-0.15, -0.1) is 0 Å². The Kier molecular flexibility index (Phi) is 7.27. The van der Waals surface area contributed by atoms with Crippen molar-refractivity contribution in [3.8, 4) is 0 Å². The molecule has 4 amide bonds. The largest absolute Gasteiger partial charge is 0.348 e. The van der Waals surface area contributed by atoms with Crippen LogP contribution in [-0.4, -0.2) is 47.9 Å². The molecule has 1 aliphatic rings. The van der Waals surface area contributed by atoms with Crippen LogP contribution in [0.2, 0.25) is 0 Å². The molecule has 1 fully saturated rings. The van der Waals surface area contributed by atoms with Gasteiger partial charge in [-0.3, -0.25) is 9.59 Å². The fourth-order valence-corrected chi connectivity index (χ4v) is 3.60. The van der Waals surface area contributed by atoms with Gasteiger partial charge in [-0.25, -0.2) is 4.79 Å². The Morgan fingerprint density at radius 1 is 1.00 bits per heavy atom. The molecule has 3 N–H and O–H groups in total. The fraction of sp³-hybridized carbons (Fsp3) is 0.591. The van der Waals surface area contributed by atoms with Gasteiger partial charge in [0.2, 0.25) is 0 Å². The van der Waals surface area contributed by atoms with Gasteiger partial charge in [0.15, 0.2) is 0 Å². The van der Waals surface area contributed by atoms with Gasteiger partial charge in [-0.1, -0.05) is 17.7 Å². The average Bonchev–Trinajstić information content (AvgIpc) is 2.61. The molecular formula is C22H34N4O3. The highest BCUT2D eigenvalue weighted by Crippen LogP contribution is 2.22. The third-order valence-electron chi connectivity index (χ3n) is 5.06. The van der Waals surface area contributed by atoms with Crippen molar-refractivity contribution < 1.29 is 14.4 Å². The number of carbonyl (C=O) groups excluding carboxylic acids is 3. The second kappa shape index (κ2) is 9.29. The Balaban J connectivity index is 1.79. The normalized spacial score (nSPS) is 15.0. The SMILES string of the molecule is Cc1cc(C)c(NC(=O)C(=O)NCC2CCN(C(=O)NC(C)(C)C)CC2)c(C)c1. The third kappa shape index (κ3) is 6.76. The summed E-state index contributed by atoms with van der Waals surface area (Å²) in [6.07, 6.45) is 1.60. The van der Waals surface area contributed by atoms with Crippen LogP contribution >= 0.6 is 0 Å². The molecular weight excluding hydrogens is 368 g/mol. The summed E-state index contributed by atoms with van der Waals surface area (Å²) in [7, 11) is 0. The molecule has 0 aromatic heterocycles. The first kappa shape index (κ1) is 22.7. The molecule has 0 radical (unpaired) electrons. The van der Waals surface area contributed by atoms with Crippen molar-refractivity contribution in [1.82, 2.24) is 15.5 Å². The van der Waals surface area contributed by atoms with E-state index in [1.807, 2.05) is 53.7 Å². The third-order valence-corrected chi connectivity index (χ3v) is 5.06. The zero-order valence-electron chi connectivity index (χ0n) is 18.4.